The van der Waals surface area contributed by atoms with Gasteiger partial charge in [-0.15, -0.1) is 23.5 Å². The highest BCUT2D eigenvalue weighted by Crippen LogP contribution is 2.42. The number of hydrogen-bond donors (Lipinski definition) is 1. The Morgan fingerprint density at radius 1 is 0.773 bits per heavy atom. The minimum atomic E-state index is -0.890. The number of methoxy groups -OCH3 is 1. The van der Waals surface area contributed by atoms with Crippen molar-refractivity contribution in [3.05, 3.63) is 131 Å². The lowest BCUT2D eigenvalue weighted by molar-refractivity contribution is -0.153. The normalized spacial score (nSPS) is 13.4. The van der Waals surface area contributed by atoms with E-state index < -0.39 is 11.9 Å². The monoisotopic (exact) mass is 629 g/mol. The molecule has 4 aromatic rings. The van der Waals surface area contributed by atoms with Gasteiger partial charge in [0.15, 0.2) is 6.29 Å². The van der Waals surface area contributed by atoms with Crippen LogP contribution in [-0.2, 0) is 27.5 Å². The summed E-state index contributed by atoms with van der Waals surface area (Å²) in [6, 6.07) is 34.3. The Morgan fingerprint density at radius 2 is 1.30 bits per heavy atom. The van der Waals surface area contributed by atoms with Crippen LogP contribution >= 0.6 is 23.5 Å². The van der Waals surface area contributed by atoms with Crippen molar-refractivity contribution in [3.8, 4) is 11.5 Å². The lowest BCUT2D eigenvalue weighted by Crippen LogP contribution is -2.39. The van der Waals surface area contributed by atoms with Crippen LogP contribution in [0.15, 0.2) is 109 Å². The number of ether oxygens (including phenoxy) is 3. The van der Waals surface area contributed by atoms with E-state index >= 15 is 0 Å². The zero-order valence-electron chi connectivity index (χ0n) is 24.4. The van der Waals surface area contributed by atoms with Gasteiger partial charge < -0.3 is 19.5 Å². The number of nitrogens with one attached hydrogen (secondary N) is 1. The maximum Gasteiger partial charge on any atom is 0.396 e. The summed E-state index contributed by atoms with van der Waals surface area (Å²) in [7, 11) is 1.21. The van der Waals surface area contributed by atoms with Crippen molar-refractivity contribution in [2.75, 3.05) is 18.6 Å². The number of amides is 1. The van der Waals surface area contributed by atoms with E-state index in [9.17, 15) is 14.4 Å². The topological polar surface area (TPSA) is 90.9 Å². The minimum Gasteiger partial charge on any atom is -0.489 e. The third-order valence-corrected chi connectivity index (χ3v) is 9.62. The van der Waals surface area contributed by atoms with E-state index in [1.54, 1.807) is 35.7 Å². The molecule has 1 saturated heterocycles. The fourth-order valence-electron chi connectivity index (χ4n) is 4.33. The number of para-hydroxylation sites is 2. The van der Waals surface area contributed by atoms with E-state index in [2.05, 4.69) is 10.1 Å². The molecule has 7 nitrogen and oxygen atoms in total. The van der Waals surface area contributed by atoms with Gasteiger partial charge in [0.1, 0.15) is 24.7 Å². The van der Waals surface area contributed by atoms with Crippen LogP contribution in [-0.4, -0.2) is 41.4 Å². The van der Waals surface area contributed by atoms with Gasteiger partial charge in [-0.25, -0.2) is 4.79 Å². The molecule has 1 amide bonds. The highest BCUT2D eigenvalue weighted by atomic mass is 32.2. The van der Waals surface area contributed by atoms with Gasteiger partial charge in [-0.05, 0) is 47.3 Å². The molecule has 1 aliphatic rings. The van der Waals surface area contributed by atoms with Crippen LogP contribution in [0.2, 0.25) is 0 Å². The Morgan fingerprint density at radius 3 is 1.89 bits per heavy atom. The number of rotatable bonds is 10. The Kier molecular flexibility index (Phi) is 13.2. The van der Waals surface area contributed by atoms with E-state index in [0.29, 0.717) is 30.3 Å². The minimum absolute atomic E-state index is 0.101. The molecule has 1 heterocycles. The molecule has 44 heavy (non-hydrogen) atoms. The van der Waals surface area contributed by atoms with Crippen molar-refractivity contribution in [2.45, 2.75) is 30.3 Å². The van der Waals surface area contributed by atoms with Crippen LogP contribution < -0.4 is 14.8 Å². The molecule has 1 N–H and O–H groups in total. The summed E-state index contributed by atoms with van der Waals surface area (Å²) < 4.78 is 16.3. The number of carbonyl (C=O) groups is 3. The fraction of sp³-hybridized carbons (Fsp3) is 0.229. The van der Waals surface area contributed by atoms with Crippen LogP contribution in [0.3, 0.4) is 0 Å². The van der Waals surface area contributed by atoms with Crippen molar-refractivity contribution >= 4 is 41.7 Å². The molecular formula is C35H35NO6S2. The van der Waals surface area contributed by atoms with E-state index in [4.69, 9.17) is 9.47 Å². The fourth-order valence-corrected chi connectivity index (χ4v) is 7.38. The lowest BCUT2D eigenvalue weighted by Gasteiger charge is -2.31. The van der Waals surface area contributed by atoms with Crippen LogP contribution in [0.25, 0.3) is 0 Å². The number of carbonyl (C=O) groups excluding carboxylic acids is 3. The number of thioether (sulfide) groups is 2. The number of hydrogen-bond acceptors (Lipinski definition) is 8. The van der Waals surface area contributed by atoms with Crippen molar-refractivity contribution in [3.63, 3.8) is 0 Å². The first-order chi connectivity index (χ1) is 21.6. The van der Waals surface area contributed by atoms with Gasteiger partial charge in [-0.1, -0.05) is 91.0 Å². The molecule has 5 rings (SSSR count). The average Bonchev–Trinajstić information content (AvgIpc) is 3.10. The van der Waals surface area contributed by atoms with E-state index in [1.165, 1.54) is 7.11 Å². The molecule has 0 radical (unpaired) electrons. The van der Waals surface area contributed by atoms with Crippen LogP contribution in [0, 0.1) is 0 Å². The highest BCUT2D eigenvalue weighted by molar-refractivity contribution is 8.17. The molecule has 0 aliphatic carbocycles. The second-order valence-corrected chi connectivity index (χ2v) is 12.4. The van der Waals surface area contributed by atoms with E-state index in [-0.39, 0.29) is 10.6 Å². The second kappa shape index (κ2) is 17.8. The maximum absolute atomic E-state index is 12.2. The molecule has 1 aliphatic heterocycles. The molecular weight excluding hydrogens is 595 g/mol. The molecule has 0 saturated carbocycles. The highest BCUT2D eigenvalue weighted by Gasteiger charge is 2.31. The molecule has 9 heteroatoms. The Hall–Kier alpha value is -4.21. The molecule has 1 atom stereocenters. The third kappa shape index (κ3) is 9.92. The summed E-state index contributed by atoms with van der Waals surface area (Å²) in [4.78, 5) is 34.7. The first kappa shape index (κ1) is 32.7. The zero-order chi connectivity index (χ0) is 31.0. The van der Waals surface area contributed by atoms with Gasteiger partial charge in [0.2, 0.25) is 0 Å². The van der Waals surface area contributed by atoms with Gasteiger partial charge >= 0.3 is 11.9 Å². The van der Waals surface area contributed by atoms with Gasteiger partial charge in [0.05, 0.1) is 23.3 Å². The van der Waals surface area contributed by atoms with Crippen molar-refractivity contribution in [2.24, 2.45) is 0 Å². The number of esters is 1. The largest absolute Gasteiger partial charge is 0.489 e. The van der Waals surface area contributed by atoms with Crippen LogP contribution in [0.5, 0.6) is 11.5 Å². The molecule has 0 spiro atoms. The zero-order valence-corrected chi connectivity index (χ0v) is 26.1. The van der Waals surface area contributed by atoms with Crippen molar-refractivity contribution in [1.82, 2.24) is 5.32 Å². The van der Waals surface area contributed by atoms with Gasteiger partial charge in [-0.2, -0.15) is 0 Å². The van der Waals surface area contributed by atoms with Crippen LogP contribution in [0.1, 0.15) is 39.5 Å². The average molecular weight is 630 g/mol. The first-order valence-electron chi connectivity index (χ1n) is 14.2. The first-order valence-corrected chi connectivity index (χ1v) is 16.3. The van der Waals surface area contributed by atoms with Gasteiger partial charge in [0, 0.05) is 5.56 Å². The summed E-state index contributed by atoms with van der Waals surface area (Å²) in [6.45, 7) is 0.909. The number of benzene rings is 4. The van der Waals surface area contributed by atoms with E-state index in [0.717, 1.165) is 40.9 Å². The van der Waals surface area contributed by atoms with Crippen molar-refractivity contribution < 1.29 is 28.6 Å². The summed E-state index contributed by atoms with van der Waals surface area (Å²) in [6.07, 6.45) is 1.94. The smallest absolute Gasteiger partial charge is 0.396 e. The predicted octanol–water partition coefficient (Wildman–Crippen LogP) is 6.87. The Bertz CT molecular complexity index is 1480. The van der Waals surface area contributed by atoms with E-state index in [1.807, 2.05) is 97.1 Å². The molecule has 1 unspecified atom stereocenters. The maximum atomic E-state index is 12.2. The Labute approximate surface area is 266 Å². The summed E-state index contributed by atoms with van der Waals surface area (Å²) in [5, 5.41) is 2.86. The predicted molar refractivity (Wildman–Crippen MR) is 176 cm³/mol. The summed E-state index contributed by atoms with van der Waals surface area (Å²) in [5.41, 5.74) is 3.60. The molecule has 0 bridgehead atoms. The third-order valence-electron chi connectivity index (χ3n) is 6.56. The second-order valence-electron chi connectivity index (χ2n) is 9.65. The SMILES string of the molecule is COC(=O)C(=O)NC(c1ccccc1OCc1ccccc1)C1SCCCS1.O=Cc1ccccc1OCc1ccccc1. The molecule has 4 aromatic carbocycles. The van der Waals surface area contributed by atoms with Crippen molar-refractivity contribution in [1.29, 1.82) is 0 Å². The van der Waals surface area contributed by atoms with Gasteiger partial charge in [0.25, 0.3) is 0 Å². The molecule has 0 aromatic heterocycles. The summed E-state index contributed by atoms with van der Waals surface area (Å²) >= 11 is 3.58. The quantitative estimate of drug-likeness (QED) is 0.116. The van der Waals surface area contributed by atoms with Gasteiger partial charge in [-0.3, -0.25) is 9.59 Å². The lowest BCUT2D eigenvalue weighted by atomic mass is 10.1. The molecule has 228 valence electrons. The Balaban J connectivity index is 0.000000233. The van der Waals surface area contributed by atoms with Crippen LogP contribution in [0.4, 0.5) is 0 Å². The molecule has 1 fully saturated rings. The standard InChI is InChI=1S/C21H23NO4S2.C14H12O2/c1-25-20(24)19(23)22-18(21-27-12-7-13-28-21)16-10-5-6-11-17(16)26-14-15-8-3-2-4-9-15;15-10-13-8-4-5-9-14(13)16-11-12-6-2-1-3-7-12/h2-6,8-11,18,21H,7,12-14H2,1H3,(H,22,23);1-10H,11H2. The number of aldehydes is 1. The summed E-state index contributed by atoms with van der Waals surface area (Å²) in [5.74, 6) is 1.75.